The Kier molecular flexibility index (Phi) is 6.04. The zero-order valence-electron chi connectivity index (χ0n) is 23.9. The largest absolute Gasteiger partial charge is 0.492 e. The number of nitrogens with one attached hydrogen (secondary N) is 1. The molecule has 0 atom stereocenters. The van der Waals surface area contributed by atoms with E-state index in [-0.39, 0.29) is 5.69 Å². The molecule has 0 amide bonds. The van der Waals surface area contributed by atoms with Crippen molar-refractivity contribution >= 4 is 38.9 Å². The Balaban J connectivity index is 1.35. The lowest BCUT2D eigenvalue weighted by molar-refractivity contribution is 0.325. The second-order valence-electron chi connectivity index (χ2n) is 10.6. The number of benzene rings is 3. The van der Waals surface area contributed by atoms with Crippen LogP contribution >= 0.6 is 0 Å². The third-order valence-electron chi connectivity index (χ3n) is 7.80. The Morgan fingerprint density at radius 2 is 1.81 bits per heavy atom. The normalized spacial score (nSPS) is 11.6. The van der Waals surface area contributed by atoms with Crippen LogP contribution in [0, 0.1) is 6.92 Å². The molecule has 0 radical (unpaired) electrons. The molecule has 0 saturated carbocycles. The molecule has 4 heterocycles. The number of aromatic amines is 1. The van der Waals surface area contributed by atoms with Crippen LogP contribution in [0.25, 0.3) is 50.2 Å². The third-order valence-corrected chi connectivity index (χ3v) is 7.80. The van der Waals surface area contributed by atoms with E-state index in [1.165, 1.54) is 0 Å². The molecule has 0 aliphatic carbocycles. The zero-order valence-corrected chi connectivity index (χ0v) is 23.9. The summed E-state index contributed by atoms with van der Waals surface area (Å²) in [5.74, 6) is 2.29. The van der Waals surface area contributed by atoms with Crippen molar-refractivity contribution in [2.24, 2.45) is 14.1 Å². The molecule has 0 spiro atoms. The number of rotatable bonds is 7. The van der Waals surface area contributed by atoms with E-state index in [0.29, 0.717) is 30.1 Å². The van der Waals surface area contributed by atoms with E-state index in [2.05, 4.69) is 28.2 Å². The predicted molar refractivity (Wildman–Crippen MR) is 166 cm³/mol. The van der Waals surface area contributed by atoms with Crippen molar-refractivity contribution in [1.29, 1.82) is 0 Å². The molecular weight excluding hydrogens is 528 g/mol. The zero-order chi connectivity index (χ0) is 29.0. The van der Waals surface area contributed by atoms with Gasteiger partial charge in [0.2, 0.25) is 0 Å². The topological polar surface area (TPSA) is 98.8 Å². The second-order valence-corrected chi connectivity index (χ2v) is 10.6. The van der Waals surface area contributed by atoms with Gasteiger partial charge in [-0.05, 0) is 67.1 Å². The maximum absolute atomic E-state index is 12.7. The minimum atomic E-state index is -0.0742. The molecule has 0 fully saturated rings. The number of anilines is 1. The molecule has 4 aromatic heterocycles. The summed E-state index contributed by atoms with van der Waals surface area (Å²) in [5, 5.41) is 1.09. The first-order chi connectivity index (χ1) is 20.4. The van der Waals surface area contributed by atoms with E-state index in [4.69, 9.17) is 14.7 Å². The quantitative estimate of drug-likeness (QED) is 0.296. The summed E-state index contributed by atoms with van der Waals surface area (Å²) in [6.07, 6.45) is 3.50. The van der Waals surface area contributed by atoms with Gasteiger partial charge in [-0.3, -0.25) is 13.7 Å². The van der Waals surface area contributed by atoms with Crippen molar-refractivity contribution < 1.29 is 4.74 Å². The van der Waals surface area contributed by atoms with E-state index < -0.39 is 0 Å². The Morgan fingerprint density at radius 1 is 0.952 bits per heavy atom. The molecule has 7 aromatic rings. The first-order valence-corrected chi connectivity index (χ1v) is 13.8. The van der Waals surface area contributed by atoms with Crippen LogP contribution in [0.4, 0.5) is 5.82 Å². The Labute approximate surface area is 241 Å². The van der Waals surface area contributed by atoms with Gasteiger partial charge < -0.3 is 14.6 Å². The molecule has 0 bridgehead atoms. The molecule has 42 heavy (non-hydrogen) atoms. The van der Waals surface area contributed by atoms with Crippen molar-refractivity contribution in [2.75, 3.05) is 25.1 Å². The van der Waals surface area contributed by atoms with E-state index in [1.54, 1.807) is 29.6 Å². The number of nitrogens with zero attached hydrogens (tertiary/aromatic N) is 7. The summed E-state index contributed by atoms with van der Waals surface area (Å²) in [6.45, 7) is 3.14. The maximum Gasteiger partial charge on any atom is 0.328 e. The molecule has 1 N–H and O–H groups in total. The summed E-state index contributed by atoms with van der Waals surface area (Å²) in [4.78, 5) is 32.5. The molecule has 0 unspecified atom stereocenters. The van der Waals surface area contributed by atoms with Crippen molar-refractivity contribution in [2.45, 2.75) is 6.92 Å². The van der Waals surface area contributed by atoms with Crippen molar-refractivity contribution in [3.05, 3.63) is 95.3 Å². The number of aromatic nitrogens is 7. The van der Waals surface area contributed by atoms with Crippen LogP contribution in [0.15, 0.2) is 84.0 Å². The molecule has 3 aromatic carbocycles. The van der Waals surface area contributed by atoms with Gasteiger partial charge in [0.1, 0.15) is 24.5 Å². The Morgan fingerprint density at radius 3 is 2.67 bits per heavy atom. The molecule has 0 saturated heterocycles. The second kappa shape index (κ2) is 9.91. The highest BCUT2D eigenvalue weighted by Crippen LogP contribution is 2.33. The number of hydrogen-bond donors (Lipinski definition) is 1. The number of fused-ring (bicyclic) bond motifs is 3. The average Bonchev–Trinajstić information content (AvgIpc) is 3.68. The third kappa shape index (κ3) is 4.19. The maximum atomic E-state index is 12.7. The summed E-state index contributed by atoms with van der Waals surface area (Å²) >= 11 is 0. The van der Waals surface area contributed by atoms with Gasteiger partial charge in [0, 0.05) is 43.8 Å². The van der Waals surface area contributed by atoms with E-state index >= 15 is 0 Å². The van der Waals surface area contributed by atoms with Gasteiger partial charge in [0.15, 0.2) is 17.0 Å². The van der Waals surface area contributed by atoms with Gasteiger partial charge in [-0.2, -0.15) is 0 Å². The number of imidazole rings is 2. The highest BCUT2D eigenvalue weighted by atomic mass is 16.5. The summed E-state index contributed by atoms with van der Waals surface area (Å²) < 4.78 is 11.4. The van der Waals surface area contributed by atoms with Gasteiger partial charge in [0.25, 0.3) is 0 Å². The summed E-state index contributed by atoms with van der Waals surface area (Å²) in [6, 6.07) is 22.3. The molecular formula is C32H30N8O2. The number of ether oxygens (including phenoxy) is 1. The fraction of sp³-hybridized carbons (Fsp3) is 0.188. The van der Waals surface area contributed by atoms with Crippen LogP contribution in [-0.2, 0) is 14.1 Å². The first kappa shape index (κ1) is 25.6. The lowest BCUT2D eigenvalue weighted by Crippen LogP contribution is -2.25. The highest BCUT2D eigenvalue weighted by Gasteiger charge is 2.22. The minimum Gasteiger partial charge on any atom is -0.492 e. The van der Waals surface area contributed by atoms with Gasteiger partial charge >= 0.3 is 5.69 Å². The van der Waals surface area contributed by atoms with Crippen LogP contribution in [0.2, 0.25) is 0 Å². The molecule has 7 rings (SSSR count). The van der Waals surface area contributed by atoms with Crippen molar-refractivity contribution in [3.8, 4) is 22.8 Å². The first-order valence-electron chi connectivity index (χ1n) is 13.8. The van der Waals surface area contributed by atoms with Crippen LogP contribution in [0.1, 0.15) is 5.56 Å². The van der Waals surface area contributed by atoms with Crippen LogP contribution < -0.4 is 15.3 Å². The average molecular weight is 559 g/mol. The molecule has 10 nitrogen and oxygen atoms in total. The fourth-order valence-electron chi connectivity index (χ4n) is 5.54. The van der Waals surface area contributed by atoms with Gasteiger partial charge in [0.05, 0.1) is 23.3 Å². The SMILES string of the molecule is Cc1cccc(OCCN(C)c2ncnc3c2nc(-c2ccc4[nH]ccc4c2)n3-c2ccc3c(c2)n(C)c(=O)n3C)c1. The Bertz CT molecular complexity index is 2170. The van der Waals surface area contributed by atoms with Crippen molar-refractivity contribution in [3.63, 3.8) is 0 Å². The molecule has 210 valence electrons. The summed E-state index contributed by atoms with van der Waals surface area (Å²) in [7, 11) is 5.56. The molecule has 10 heteroatoms. The van der Waals surface area contributed by atoms with E-state index in [0.717, 1.165) is 50.3 Å². The lowest BCUT2D eigenvalue weighted by Gasteiger charge is -2.18. The molecule has 0 aliphatic heterocycles. The Hall–Kier alpha value is -5.38. The van der Waals surface area contributed by atoms with Crippen LogP contribution in [0.5, 0.6) is 5.75 Å². The van der Waals surface area contributed by atoms with E-state index in [9.17, 15) is 4.79 Å². The fourth-order valence-corrected chi connectivity index (χ4v) is 5.54. The monoisotopic (exact) mass is 558 g/mol. The van der Waals surface area contributed by atoms with Gasteiger partial charge in [-0.1, -0.05) is 12.1 Å². The number of hydrogen-bond acceptors (Lipinski definition) is 6. The van der Waals surface area contributed by atoms with E-state index in [1.807, 2.05) is 78.2 Å². The number of H-pyrrole nitrogens is 1. The lowest BCUT2D eigenvalue weighted by atomic mass is 10.1. The summed E-state index contributed by atoms with van der Waals surface area (Å²) in [5.41, 5.74) is 6.97. The molecule has 0 aliphatic rings. The number of likely N-dealkylation sites (N-methyl/N-ethyl adjacent to an activating group) is 1. The predicted octanol–water partition coefficient (Wildman–Crippen LogP) is 4.98. The minimum absolute atomic E-state index is 0.0742. The van der Waals surface area contributed by atoms with Crippen LogP contribution in [-0.4, -0.2) is 53.8 Å². The van der Waals surface area contributed by atoms with Gasteiger partial charge in [-0.25, -0.2) is 19.7 Å². The van der Waals surface area contributed by atoms with Crippen molar-refractivity contribution in [1.82, 2.24) is 33.6 Å². The number of aryl methyl sites for hydroxylation is 3. The standard InChI is InChI=1S/C32H30N8O2/c1-20-6-5-7-24(16-20)42-15-14-37(2)30-28-31(35-19-34-30)40(23-9-11-26-27(18-23)39(4)32(41)38(26)3)29(36-28)22-8-10-25-21(17-22)12-13-33-25/h5-13,16-19,33H,14-15H2,1-4H3. The smallest absolute Gasteiger partial charge is 0.328 e. The van der Waals surface area contributed by atoms with Gasteiger partial charge in [-0.15, -0.1) is 0 Å². The van der Waals surface area contributed by atoms with Crippen LogP contribution in [0.3, 0.4) is 0 Å². The highest BCUT2D eigenvalue weighted by molar-refractivity contribution is 5.91.